The Bertz CT molecular complexity index is 693. The van der Waals surface area contributed by atoms with E-state index in [4.69, 9.17) is 0 Å². The van der Waals surface area contributed by atoms with E-state index >= 15 is 0 Å². The van der Waals surface area contributed by atoms with Gasteiger partial charge in [-0.3, -0.25) is 9.36 Å². The van der Waals surface area contributed by atoms with Crippen LogP contribution >= 0.6 is 7.60 Å². The fraction of sp³-hybridized carbons (Fsp3) is 0.550. The highest BCUT2D eigenvalue weighted by molar-refractivity contribution is 7.54. The lowest BCUT2D eigenvalue weighted by Gasteiger charge is -2.26. The maximum atomic E-state index is 12.3. The molecule has 0 aliphatic rings. The summed E-state index contributed by atoms with van der Waals surface area (Å²) in [6.07, 6.45) is 2.91. The van der Waals surface area contributed by atoms with Crippen LogP contribution in [0.5, 0.6) is 0 Å². The average Bonchev–Trinajstić information content (AvgIpc) is 2.41. The lowest BCUT2D eigenvalue weighted by atomic mass is 9.79. The number of hydrogen-bond acceptors (Lipinski definition) is 2. The second kappa shape index (κ2) is 6.83. The lowest BCUT2D eigenvalue weighted by molar-refractivity contribution is -0.116. The summed E-state index contributed by atoms with van der Waals surface area (Å²) < 4.78 is 11.5. The van der Waals surface area contributed by atoms with Crippen molar-refractivity contribution >= 4 is 19.5 Å². The van der Waals surface area contributed by atoms with Crippen LogP contribution < -0.4 is 0 Å². The summed E-state index contributed by atoms with van der Waals surface area (Å²) >= 11 is 0. The van der Waals surface area contributed by atoms with Crippen LogP contribution in [-0.2, 0) is 20.2 Å². The first-order chi connectivity index (χ1) is 11.0. The number of ketones is 1. The highest BCUT2D eigenvalue weighted by atomic mass is 31.2. The molecule has 1 aromatic rings. The highest BCUT2D eigenvalue weighted by Crippen LogP contribution is 2.50. The van der Waals surface area contributed by atoms with E-state index in [2.05, 4.69) is 47.6 Å². The van der Waals surface area contributed by atoms with Gasteiger partial charge in [0.15, 0.2) is 5.78 Å². The van der Waals surface area contributed by atoms with Crippen molar-refractivity contribution in [3.8, 4) is 0 Å². The molecule has 0 aliphatic carbocycles. The molecule has 0 fully saturated rings. The number of benzene rings is 1. The maximum Gasteiger partial charge on any atom is 0.338 e. The fourth-order valence-electron chi connectivity index (χ4n) is 2.13. The molecule has 2 N–H and O–H groups in total. The molecule has 0 radical (unpaired) electrons. The van der Waals surface area contributed by atoms with E-state index in [1.54, 1.807) is 6.08 Å². The first kappa shape index (κ1) is 21.8. The molecule has 0 saturated heterocycles. The van der Waals surface area contributed by atoms with Gasteiger partial charge in [0.2, 0.25) is 0 Å². The molecular weight excluding hydrogens is 335 g/mol. The minimum atomic E-state index is -4.52. The fourth-order valence-corrected chi connectivity index (χ4v) is 2.49. The van der Waals surface area contributed by atoms with Crippen molar-refractivity contribution in [3.63, 3.8) is 0 Å². The van der Waals surface area contributed by atoms with Gasteiger partial charge in [0, 0.05) is 0 Å². The van der Waals surface area contributed by atoms with Gasteiger partial charge in [-0.25, -0.2) is 0 Å². The molecule has 0 atom stereocenters. The number of allylic oxidation sites excluding steroid dienone is 1. The Morgan fingerprint density at radius 1 is 0.880 bits per heavy atom. The van der Waals surface area contributed by atoms with E-state index in [9.17, 15) is 19.1 Å². The van der Waals surface area contributed by atoms with Crippen molar-refractivity contribution in [1.29, 1.82) is 0 Å². The van der Waals surface area contributed by atoms with Crippen molar-refractivity contribution in [2.75, 3.05) is 0 Å². The molecule has 0 aliphatic heterocycles. The van der Waals surface area contributed by atoms with E-state index in [1.807, 2.05) is 12.1 Å². The molecule has 140 valence electrons. The summed E-state index contributed by atoms with van der Waals surface area (Å²) in [4.78, 5) is 31.0. The summed E-state index contributed by atoms with van der Waals surface area (Å²) in [7, 11) is -4.52. The normalized spacial score (nSPS) is 14.2. The van der Waals surface area contributed by atoms with Crippen molar-refractivity contribution in [2.24, 2.45) is 0 Å². The van der Waals surface area contributed by atoms with Crippen LogP contribution in [0.1, 0.15) is 72.1 Å². The first-order valence-corrected chi connectivity index (χ1v) is 10.0. The number of carbonyl (C=O) groups excluding carboxylic acids is 1. The van der Waals surface area contributed by atoms with Gasteiger partial charge < -0.3 is 9.79 Å². The Morgan fingerprint density at radius 2 is 1.28 bits per heavy atom. The number of carbonyl (C=O) groups is 1. The molecule has 0 unspecified atom stereocenters. The average molecular weight is 366 g/mol. The van der Waals surface area contributed by atoms with Gasteiger partial charge in [0.05, 0.1) is 0 Å². The van der Waals surface area contributed by atoms with E-state index in [0.717, 1.165) is 16.7 Å². The third kappa shape index (κ3) is 5.37. The quantitative estimate of drug-likeness (QED) is 0.592. The van der Waals surface area contributed by atoms with Gasteiger partial charge >= 0.3 is 7.60 Å². The summed E-state index contributed by atoms with van der Waals surface area (Å²) in [6.45, 7) is 15.3. The molecule has 0 aromatic heterocycles. The van der Waals surface area contributed by atoms with Crippen molar-refractivity contribution in [1.82, 2.24) is 0 Å². The van der Waals surface area contributed by atoms with Gasteiger partial charge in [-0.1, -0.05) is 65.8 Å². The van der Waals surface area contributed by atoms with Crippen LogP contribution in [0.15, 0.2) is 24.3 Å². The zero-order valence-corrected chi connectivity index (χ0v) is 17.4. The molecule has 0 spiro atoms. The molecular formula is C20H31O4P. The second-order valence-corrected chi connectivity index (χ2v) is 11.4. The van der Waals surface area contributed by atoms with E-state index in [0.29, 0.717) is 0 Å². The molecule has 0 bridgehead atoms. The monoisotopic (exact) mass is 366 g/mol. The summed E-state index contributed by atoms with van der Waals surface area (Å²) in [6, 6.07) is 6.21. The highest BCUT2D eigenvalue weighted by Gasteiger charge is 2.43. The Morgan fingerprint density at radius 3 is 1.60 bits per heavy atom. The third-order valence-electron chi connectivity index (χ3n) is 4.45. The molecule has 0 amide bonds. The summed E-state index contributed by atoms with van der Waals surface area (Å²) in [5.41, 5.74) is 3.08. The first-order valence-electron chi connectivity index (χ1n) is 8.40. The predicted molar refractivity (Wildman–Crippen MR) is 104 cm³/mol. The molecule has 5 heteroatoms. The van der Waals surface area contributed by atoms with Crippen molar-refractivity contribution < 1.29 is 19.1 Å². The Kier molecular flexibility index (Phi) is 5.96. The lowest BCUT2D eigenvalue weighted by Crippen LogP contribution is -2.29. The van der Waals surface area contributed by atoms with Gasteiger partial charge in [-0.05, 0) is 47.4 Å². The zero-order valence-electron chi connectivity index (χ0n) is 16.5. The van der Waals surface area contributed by atoms with Crippen LogP contribution in [0.25, 0.3) is 6.08 Å². The predicted octanol–water partition coefficient (Wildman–Crippen LogP) is 4.82. The Labute approximate surface area is 151 Å². The van der Waals surface area contributed by atoms with Crippen LogP contribution in [-0.4, -0.2) is 20.7 Å². The minimum absolute atomic E-state index is 0.0426. The van der Waals surface area contributed by atoms with Crippen LogP contribution in [0.4, 0.5) is 0 Å². The Balaban J connectivity index is 3.35. The van der Waals surface area contributed by atoms with Crippen LogP contribution in [0.2, 0.25) is 0 Å². The third-order valence-corrected chi connectivity index (χ3v) is 6.12. The van der Waals surface area contributed by atoms with Crippen molar-refractivity contribution in [2.45, 2.75) is 71.4 Å². The molecule has 1 rings (SSSR count). The zero-order chi connectivity index (χ0) is 19.8. The SMILES string of the molecule is CC(C)(C)c1cc(/C=C/C(=O)C(C)(C)P(=O)(O)O)cc(C(C)(C)C)c1. The van der Waals surface area contributed by atoms with Gasteiger partial charge in [-0.2, -0.15) is 0 Å². The van der Waals surface area contributed by atoms with Crippen molar-refractivity contribution in [3.05, 3.63) is 41.0 Å². The molecule has 0 heterocycles. The topological polar surface area (TPSA) is 74.6 Å². The van der Waals surface area contributed by atoms with E-state index in [-0.39, 0.29) is 10.8 Å². The summed E-state index contributed by atoms with van der Waals surface area (Å²) in [5, 5.41) is -1.72. The van der Waals surface area contributed by atoms with E-state index in [1.165, 1.54) is 19.9 Å². The van der Waals surface area contributed by atoms with Crippen LogP contribution in [0.3, 0.4) is 0 Å². The van der Waals surface area contributed by atoms with Crippen LogP contribution in [0, 0.1) is 0 Å². The van der Waals surface area contributed by atoms with Gasteiger partial charge in [0.25, 0.3) is 0 Å². The Hall–Kier alpha value is -1.22. The smallest absolute Gasteiger partial charge is 0.324 e. The van der Waals surface area contributed by atoms with Gasteiger partial charge in [0.1, 0.15) is 5.16 Å². The largest absolute Gasteiger partial charge is 0.338 e. The molecule has 4 nitrogen and oxygen atoms in total. The maximum absolute atomic E-state index is 12.3. The second-order valence-electron chi connectivity index (χ2n) is 9.14. The number of rotatable bonds is 4. The number of hydrogen-bond donors (Lipinski definition) is 2. The summed E-state index contributed by atoms with van der Waals surface area (Å²) in [5.74, 6) is -0.584. The van der Waals surface area contributed by atoms with E-state index < -0.39 is 18.5 Å². The minimum Gasteiger partial charge on any atom is -0.324 e. The van der Waals surface area contributed by atoms with Gasteiger partial charge in [-0.15, -0.1) is 0 Å². The molecule has 1 aromatic carbocycles. The molecule has 25 heavy (non-hydrogen) atoms. The molecule has 0 saturated carbocycles. The standard InChI is InChI=1S/C20H31O4P/c1-18(2,3)15-11-14(12-16(13-15)19(4,5)6)9-10-17(21)20(7,8)25(22,23)24/h9-13H,1-8H3,(H2,22,23,24)/b10-9+.